The van der Waals surface area contributed by atoms with E-state index in [2.05, 4.69) is 0 Å². The second kappa shape index (κ2) is 7.09. The molecule has 1 aliphatic rings. The minimum absolute atomic E-state index is 0.127. The number of fused-ring (bicyclic) bond motifs is 1. The fraction of sp³-hybridized carbons (Fsp3) is 0.333. The van der Waals surface area contributed by atoms with Gasteiger partial charge in [0.2, 0.25) is 0 Å². The van der Waals surface area contributed by atoms with Crippen LogP contribution < -0.4 is 9.47 Å². The average Bonchev–Trinajstić information content (AvgIpc) is 2.69. The molecule has 2 aromatic rings. The predicted molar refractivity (Wildman–Crippen MR) is 95.6 cm³/mol. The smallest absolute Gasteiger partial charge is 0.176 e. The van der Waals surface area contributed by atoms with Gasteiger partial charge < -0.3 is 9.47 Å². The van der Waals surface area contributed by atoms with Gasteiger partial charge in [-0.2, -0.15) is 0 Å². The number of Topliss-reactive ketones (excluding diaryl/α,β-unsaturated/α-hetero) is 2. The van der Waals surface area contributed by atoms with Crippen LogP contribution in [-0.2, 0) is 0 Å². The van der Waals surface area contributed by atoms with Gasteiger partial charge in [0.1, 0.15) is 13.2 Å². The third-order valence-corrected chi connectivity index (χ3v) is 4.92. The summed E-state index contributed by atoms with van der Waals surface area (Å²) in [5.74, 6) is 0.905. The van der Waals surface area contributed by atoms with Crippen LogP contribution in [0.1, 0.15) is 47.4 Å². The average molecular weight is 338 g/mol. The van der Waals surface area contributed by atoms with Crippen LogP contribution in [-0.4, -0.2) is 24.8 Å². The molecule has 0 bridgehead atoms. The molecular formula is C21H22O4. The quantitative estimate of drug-likeness (QED) is 0.581. The minimum atomic E-state index is -1.06. The first-order valence-corrected chi connectivity index (χ1v) is 8.66. The number of benzene rings is 2. The Morgan fingerprint density at radius 1 is 0.840 bits per heavy atom. The number of hydrogen-bond acceptors (Lipinski definition) is 4. The first-order valence-electron chi connectivity index (χ1n) is 8.66. The molecule has 0 saturated heterocycles. The monoisotopic (exact) mass is 338 g/mol. The van der Waals surface area contributed by atoms with E-state index in [1.165, 1.54) is 0 Å². The molecule has 0 unspecified atom stereocenters. The van der Waals surface area contributed by atoms with Crippen LogP contribution in [0.25, 0.3) is 0 Å². The van der Waals surface area contributed by atoms with Gasteiger partial charge in [0, 0.05) is 11.1 Å². The van der Waals surface area contributed by atoms with Crippen molar-refractivity contribution in [3.63, 3.8) is 0 Å². The van der Waals surface area contributed by atoms with Crippen molar-refractivity contribution in [3.8, 4) is 11.5 Å². The molecule has 0 spiro atoms. The zero-order chi connectivity index (χ0) is 17.9. The summed E-state index contributed by atoms with van der Waals surface area (Å²) >= 11 is 0. The first-order chi connectivity index (χ1) is 12.1. The van der Waals surface area contributed by atoms with E-state index in [0.717, 1.165) is 0 Å². The summed E-state index contributed by atoms with van der Waals surface area (Å²) in [5.41, 5.74) is -0.0141. The lowest BCUT2D eigenvalue weighted by molar-refractivity contribution is 0.0645. The van der Waals surface area contributed by atoms with Crippen molar-refractivity contribution in [1.29, 1.82) is 0 Å². The maximum atomic E-state index is 13.3. The Bertz CT molecular complexity index is 776. The van der Waals surface area contributed by atoms with Crippen molar-refractivity contribution in [2.45, 2.75) is 26.7 Å². The van der Waals surface area contributed by atoms with Gasteiger partial charge in [0.25, 0.3) is 0 Å². The van der Waals surface area contributed by atoms with Crippen LogP contribution in [0.3, 0.4) is 0 Å². The molecule has 0 amide bonds. The second-order valence-electron chi connectivity index (χ2n) is 6.17. The summed E-state index contributed by atoms with van der Waals surface area (Å²) in [6.45, 7) is 4.74. The molecule has 0 saturated carbocycles. The van der Waals surface area contributed by atoms with Gasteiger partial charge in [-0.15, -0.1) is 0 Å². The molecule has 0 fully saturated rings. The van der Waals surface area contributed by atoms with Crippen molar-refractivity contribution in [2.75, 3.05) is 13.2 Å². The fourth-order valence-electron chi connectivity index (χ4n) is 3.32. The molecule has 0 aliphatic carbocycles. The van der Waals surface area contributed by atoms with E-state index >= 15 is 0 Å². The van der Waals surface area contributed by atoms with E-state index in [4.69, 9.17) is 9.47 Å². The van der Waals surface area contributed by atoms with Gasteiger partial charge in [-0.1, -0.05) is 44.2 Å². The highest BCUT2D eigenvalue weighted by Crippen LogP contribution is 2.38. The fourth-order valence-corrected chi connectivity index (χ4v) is 3.32. The molecular weight excluding hydrogens is 316 g/mol. The van der Waals surface area contributed by atoms with Crippen LogP contribution >= 0.6 is 0 Å². The van der Waals surface area contributed by atoms with Crippen LogP contribution in [0.2, 0.25) is 0 Å². The van der Waals surface area contributed by atoms with Gasteiger partial charge in [0.05, 0.1) is 5.41 Å². The summed E-state index contributed by atoms with van der Waals surface area (Å²) in [5, 5.41) is 0. The van der Waals surface area contributed by atoms with E-state index in [1.54, 1.807) is 30.3 Å². The third-order valence-electron chi connectivity index (χ3n) is 4.92. The maximum Gasteiger partial charge on any atom is 0.176 e. The molecule has 3 rings (SSSR count). The Morgan fingerprint density at radius 3 is 2.08 bits per heavy atom. The lowest BCUT2D eigenvalue weighted by Crippen LogP contribution is -2.38. The number of rotatable bonds is 6. The van der Waals surface area contributed by atoms with E-state index in [0.29, 0.717) is 48.7 Å². The van der Waals surface area contributed by atoms with E-state index < -0.39 is 5.41 Å². The van der Waals surface area contributed by atoms with E-state index in [9.17, 15) is 9.59 Å². The zero-order valence-corrected chi connectivity index (χ0v) is 14.6. The van der Waals surface area contributed by atoms with Crippen LogP contribution in [0, 0.1) is 5.41 Å². The number of ketones is 2. The summed E-state index contributed by atoms with van der Waals surface area (Å²) < 4.78 is 11.1. The maximum absolute atomic E-state index is 13.3. The summed E-state index contributed by atoms with van der Waals surface area (Å²) in [6, 6.07) is 14.2. The zero-order valence-electron chi connectivity index (χ0n) is 14.6. The Balaban J connectivity index is 2.00. The van der Waals surface area contributed by atoms with Gasteiger partial charge in [-0.05, 0) is 31.0 Å². The molecule has 0 atom stereocenters. The number of carbonyl (C=O) groups excluding carboxylic acids is 2. The molecule has 2 aromatic carbocycles. The SMILES string of the molecule is CCC(CC)(C(=O)c1ccccc1)C(=O)c1ccc2c(c1)OCCO2. The van der Waals surface area contributed by atoms with E-state index in [1.807, 2.05) is 32.0 Å². The molecule has 0 radical (unpaired) electrons. The lowest BCUT2D eigenvalue weighted by Gasteiger charge is -2.29. The minimum Gasteiger partial charge on any atom is -0.486 e. The van der Waals surface area contributed by atoms with Crippen molar-refractivity contribution in [2.24, 2.45) is 5.41 Å². The summed E-state index contributed by atoms with van der Waals surface area (Å²) in [4.78, 5) is 26.5. The van der Waals surface area contributed by atoms with Crippen molar-refractivity contribution >= 4 is 11.6 Å². The van der Waals surface area contributed by atoms with Crippen molar-refractivity contribution in [3.05, 3.63) is 59.7 Å². The largest absolute Gasteiger partial charge is 0.486 e. The number of ether oxygens (including phenoxy) is 2. The summed E-state index contributed by atoms with van der Waals surface area (Å²) in [6.07, 6.45) is 0.898. The molecule has 4 heteroatoms. The predicted octanol–water partition coefficient (Wildman–Crippen LogP) is 4.33. The Hall–Kier alpha value is -2.62. The molecule has 1 aliphatic heterocycles. The normalized spacial score (nSPS) is 13.4. The molecule has 130 valence electrons. The lowest BCUT2D eigenvalue weighted by atomic mass is 9.70. The van der Waals surface area contributed by atoms with Crippen LogP contribution in [0.5, 0.6) is 11.5 Å². The Morgan fingerprint density at radius 2 is 1.44 bits per heavy atom. The highest BCUT2D eigenvalue weighted by atomic mass is 16.6. The topological polar surface area (TPSA) is 52.6 Å². The van der Waals surface area contributed by atoms with Crippen molar-refractivity contribution in [1.82, 2.24) is 0 Å². The third kappa shape index (κ3) is 3.04. The second-order valence-corrected chi connectivity index (χ2v) is 6.17. The highest BCUT2D eigenvalue weighted by Gasteiger charge is 2.43. The standard InChI is InChI=1S/C21H22O4/c1-3-21(4-2,19(22)15-8-6-5-7-9-15)20(23)16-10-11-17-18(14-16)25-13-12-24-17/h5-11,14H,3-4,12-13H2,1-2H3. The molecule has 1 heterocycles. The van der Waals surface area contributed by atoms with Gasteiger partial charge >= 0.3 is 0 Å². The number of carbonyl (C=O) groups is 2. The number of hydrogen-bond donors (Lipinski definition) is 0. The van der Waals surface area contributed by atoms with Gasteiger partial charge in [0.15, 0.2) is 23.1 Å². The first kappa shape index (κ1) is 17.2. The molecule has 0 aromatic heterocycles. The van der Waals surface area contributed by atoms with Crippen LogP contribution in [0.15, 0.2) is 48.5 Å². The Kier molecular flexibility index (Phi) is 4.88. The molecule has 4 nitrogen and oxygen atoms in total. The van der Waals surface area contributed by atoms with Gasteiger partial charge in [-0.3, -0.25) is 9.59 Å². The summed E-state index contributed by atoms with van der Waals surface area (Å²) in [7, 11) is 0. The van der Waals surface area contributed by atoms with Gasteiger partial charge in [-0.25, -0.2) is 0 Å². The van der Waals surface area contributed by atoms with E-state index in [-0.39, 0.29) is 11.6 Å². The Labute approximate surface area is 147 Å². The van der Waals surface area contributed by atoms with Crippen LogP contribution in [0.4, 0.5) is 0 Å². The van der Waals surface area contributed by atoms with Crippen molar-refractivity contribution < 1.29 is 19.1 Å². The highest BCUT2D eigenvalue weighted by molar-refractivity contribution is 6.19. The molecule has 0 N–H and O–H groups in total. The molecule has 25 heavy (non-hydrogen) atoms.